The van der Waals surface area contributed by atoms with Gasteiger partial charge in [0.2, 0.25) is 0 Å². The quantitative estimate of drug-likeness (QED) is 0.811. The van der Waals surface area contributed by atoms with Crippen molar-refractivity contribution in [2.75, 3.05) is 6.61 Å². The van der Waals surface area contributed by atoms with E-state index in [0.717, 1.165) is 25.7 Å². The number of rotatable bonds is 3. The average molecular weight is 235 g/mol. The maximum Gasteiger partial charge on any atom is 0.271 e. The summed E-state index contributed by atoms with van der Waals surface area (Å²) in [7, 11) is 0. The van der Waals surface area contributed by atoms with Crippen LogP contribution >= 0.6 is 0 Å². The van der Waals surface area contributed by atoms with Gasteiger partial charge in [0, 0.05) is 31.0 Å². The summed E-state index contributed by atoms with van der Waals surface area (Å²) in [5.74, 6) is -0.0344. The first-order chi connectivity index (χ1) is 8.31. The molecule has 2 unspecified atom stereocenters. The van der Waals surface area contributed by atoms with Gasteiger partial charge >= 0.3 is 0 Å². The van der Waals surface area contributed by atoms with E-state index < -0.39 is 0 Å². The van der Waals surface area contributed by atoms with Crippen molar-refractivity contribution in [3.63, 3.8) is 0 Å². The third-order valence-electron chi connectivity index (χ3n) is 3.26. The Kier molecular flexibility index (Phi) is 4.03. The standard InChI is InChI=1S/C12H17N3O2/c16-8-9-3-1-2-4-10(9)15-12(17)11-7-13-5-6-14-11/h5-7,9-10,16H,1-4,8H2,(H,15,17). The molecule has 17 heavy (non-hydrogen) atoms. The van der Waals surface area contributed by atoms with Crippen LogP contribution in [0.3, 0.4) is 0 Å². The zero-order valence-corrected chi connectivity index (χ0v) is 9.67. The minimum Gasteiger partial charge on any atom is -0.396 e. The van der Waals surface area contributed by atoms with E-state index in [9.17, 15) is 9.90 Å². The van der Waals surface area contributed by atoms with Crippen LogP contribution in [0.1, 0.15) is 36.2 Å². The van der Waals surface area contributed by atoms with Gasteiger partial charge in [0.25, 0.3) is 5.91 Å². The molecule has 1 aliphatic rings. The van der Waals surface area contributed by atoms with Gasteiger partial charge < -0.3 is 10.4 Å². The molecule has 0 saturated heterocycles. The van der Waals surface area contributed by atoms with Crippen LogP contribution in [-0.2, 0) is 0 Å². The van der Waals surface area contributed by atoms with Crippen molar-refractivity contribution in [3.8, 4) is 0 Å². The number of carbonyl (C=O) groups is 1. The Bertz CT molecular complexity index is 369. The molecule has 0 radical (unpaired) electrons. The van der Waals surface area contributed by atoms with E-state index in [4.69, 9.17) is 0 Å². The van der Waals surface area contributed by atoms with Crippen molar-refractivity contribution in [1.29, 1.82) is 0 Å². The van der Waals surface area contributed by atoms with E-state index >= 15 is 0 Å². The lowest BCUT2D eigenvalue weighted by molar-refractivity contribution is 0.0867. The molecule has 5 heteroatoms. The van der Waals surface area contributed by atoms with Crippen LogP contribution in [0, 0.1) is 5.92 Å². The molecule has 2 atom stereocenters. The van der Waals surface area contributed by atoms with Gasteiger partial charge in [0.1, 0.15) is 5.69 Å². The predicted molar refractivity (Wildman–Crippen MR) is 62.3 cm³/mol. The third kappa shape index (κ3) is 3.00. The van der Waals surface area contributed by atoms with Crippen molar-refractivity contribution >= 4 is 5.91 Å². The van der Waals surface area contributed by atoms with Gasteiger partial charge in [-0.3, -0.25) is 9.78 Å². The summed E-state index contributed by atoms with van der Waals surface area (Å²) in [5.41, 5.74) is 0.328. The van der Waals surface area contributed by atoms with Crippen molar-refractivity contribution in [2.24, 2.45) is 5.92 Å². The summed E-state index contributed by atoms with van der Waals surface area (Å²) in [5, 5.41) is 12.2. The molecule has 0 spiro atoms. The smallest absolute Gasteiger partial charge is 0.271 e. The van der Waals surface area contributed by atoms with Crippen molar-refractivity contribution in [3.05, 3.63) is 24.3 Å². The highest BCUT2D eigenvalue weighted by molar-refractivity contribution is 5.92. The average Bonchev–Trinajstić information content (AvgIpc) is 2.40. The molecule has 1 saturated carbocycles. The van der Waals surface area contributed by atoms with Crippen LogP contribution in [0.15, 0.2) is 18.6 Å². The molecule has 2 rings (SSSR count). The van der Waals surface area contributed by atoms with E-state index in [2.05, 4.69) is 15.3 Å². The Morgan fingerprint density at radius 2 is 2.24 bits per heavy atom. The van der Waals surface area contributed by atoms with E-state index in [1.807, 2.05) is 0 Å². The number of aliphatic hydroxyl groups is 1. The molecule has 0 aromatic carbocycles. The molecule has 92 valence electrons. The molecule has 1 amide bonds. The normalized spacial score (nSPS) is 24.3. The third-order valence-corrected chi connectivity index (χ3v) is 3.26. The summed E-state index contributed by atoms with van der Waals surface area (Å²) >= 11 is 0. The van der Waals surface area contributed by atoms with Crippen LogP contribution in [0.4, 0.5) is 0 Å². The number of aromatic nitrogens is 2. The van der Waals surface area contributed by atoms with E-state index in [-0.39, 0.29) is 24.5 Å². The summed E-state index contributed by atoms with van der Waals surface area (Å²) in [6, 6.07) is 0.0586. The molecule has 5 nitrogen and oxygen atoms in total. The lowest BCUT2D eigenvalue weighted by atomic mass is 9.85. The topological polar surface area (TPSA) is 75.1 Å². The second-order valence-electron chi connectivity index (χ2n) is 4.40. The first kappa shape index (κ1) is 12.0. The Balaban J connectivity index is 1.98. The van der Waals surface area contributed by atoms with Gasteiger partial charge in [-0.2, -0.15) is 0 Å². The molecular weight excluding hydrogens is 218 g/mol. The first-order valence-corrected chi connectivity index (χ1v) is 5.99. The maximum absolute atomic E-state index is 11.9. The molecule has 0 bridgehead atoms. The van der Waals surface area contributed by atoms with Crippen LogP contribution in [0.5, 0.6) is 0 Å². The summed E-state index contributed by atoms with van der Waals surface area (Å²) in [6.45, 7) is 0.130. The molecule has 2 N–H and O–H groups in total. The van der Waals surface area contributed by atoms with Gasteiger partial charge in [-0.05, 0) is 12.8 Å². The van der Waals surface area contributed by atoms with Gasteiger partial charge in [-0.25, -0.2) is 4.98 Å². The molecule has 1 aliphatic carbocycles. The number of amides is 1. The van der Waals surface area contributed by atoms with Crippen LogP contribution < -0.4 is 5.32 Å². The summed E-state index contributed by atoms with van der Waals surface area (Å²) in [4.78, 5) is 19.7. The van der Waals surface area contributed by atoms with Gasteiger partial charge in [-0.1, -0.05) is 12.8 Å². The Labute approximate surface area is 100 Å². The number of nitrogens with one attached hydrogen (secondary N) is 1. The Morgan fingerprint density at radius 3 is 2.94 bits per heavy atom. The fourth-order valence-corrected chi connectivity index (χ4v) is 2.27. The van der Waals surface area contributed by atoms with Crippen LogP contribution in [-0.4, -0.2) is 33.6 Å². The van der Waals surface area contributed by atoms with Gasteiger partial charge in [-0.15, -0.1) is 0 Å². The highest BCUT2D eigenvalue weighted by Gasteiger charge is 2.26. The summed E-state index contributed by atoms with van der Waals surface area (Å²) < 4.78 is 0. The van der Waals surface area contributed by atoms with Crippen LogP contribution in [0.25, 0.3) is 0 Å². The highest BCUT2D eigenvalue weighted by Crippen LogP contribution is 2.24. The fraction of sp³-hybridized carbons (Fsp3) is 0.583. The first-order valence-electron chi connectivity index (χ1n) is 5.99. The fourth-order valence-electron chi connectivity index (χ4n) is 2.27. The molecule has 0 aliphatic heterocycles. The number of hydrogen-bond acceptors (Lipinski definition) is 4. The van der Waals surface area contributed by atoms with Gasteiger partial charge in [0.15, 0.2) is 0 Å². The van der Waals surface area contributed by atoms with Crippen molar-refractivity contribution in [1.82, 2.24) is 15.3 Å². The highest BCUT2D eigenvalue weighted by atomic mass is 16.3. The second kappa shape index (κ2) is 5.72. The minimum atomic E-state index is -0.205. The summed E-state index contributed by atoms with van der Waals surface area (Å²) in [6.07, 6.45) is 8.61. The van der Waals surface area contributed by atoms with E-state index in [1.54, 1.807) is 0 Å². The number of hydrogen-bond donors (Lipinski definition) is 2. The van der Waals surface area contributed by atoms with E-state index in [1.165, 1.54) is 18.6 Å². The second-order valence-corrected chi connectivity index (χ2v) is 4.40. The van der Waals surface area contributed by atoms with Crippen LogP contribution in [0.2, 0.25) is 0 Å². The predicted octanol–water partition coefficient (Wildman–Crippen LogP) is 0.757. The monoisotopic (exact) mass is 235 g/mol. The lowest BCUT2D eigenvalue weighted by Crippen LogP contribution is -2.43. The Morgan fingerprint density at radius 1 is 1.41 bits per heavy atom. The molecule has 1 aromatic rings. The molecule has 1 aromatic heterocycles. The molecule has 1 fully saturated rings. The van der Waals surface area contributed by atoms with E-state index in [0.29, 0.717) is 5.69 Å². The number of carbonyl (C=O) groups excluding carboxylic acids is 1. The zero-order chi connectivity index (χ0) is 12.1. The van der Waals surface area contributed by atoms with Crippen molar-refractivity contribution < 1.29 is 9.90 Å². The Hall–Kier alpha value is -1.49. The van der Waals surface area contributed by atoms with Gasteiger partial charge in [0.05, 0.1) is 6.20 Å². The largest absolute Gasteiger partial charge is 0.396 e. The number of nitrogens with zero attached hydrogens (tertiary/aromatic N) is 2. The minimum absolute atomic E-state index is 0.0586. The number of aliphatic hydroxyl groups excluding tert-OH is 1. The maximum atomic E-state index is 11.9. The van der Waals surface area contributed by atoms with Crippen molar-refractivity contribution in [2.45, 2.75) is 31.7 Å². The molecule has 1 heterocycles. The zero-order valence-electron chi connectivity index (χ0n) is 9.67. The lowest BCUT2D eigenvalue weighted by Gasteiger charge is -2.30. The molecular formula is C12H17N3O2. The SMILES string of the molecule is O=C(NC1CCCCC1CO)c1cnccn1.